The lowest BCUT2D eigenvalue weighted by molar-refractivity contribution is -0.134. The highest BCUT2D eigenvalue weighted by molar-refractivity contribution is 5.78. The Balaban J connectivity index is 1.41. The van der Waals surface area contributed by atoms with Crippen LogP contribution in [0.4, 0.5) is 4.39 Å². The number of hydrogen-bond donors (Lipinski definition) is 0. The van der Waals surface area contributed by atoms with Crippen LogP contribution in [-0.2, 0) is 17.8 Å². The zero-order valence-corrected chi connectivity index (χ0v) is 13.0. The Morgan fingerprint density at radius 1 is 1.17 bits per heavy atom. The zero-order valence-electron chi connectivity index (χ0n) is 13.0. The predicted octanol–water partition coefficient (Wildman–Crippen LogP) is 2.52. The van der Waals surface area contributed by atoms with Gasteiger partial charge in [0.05, 0.1) is 0 Å². The number of nitrogens with zero attached hydrogens (tertiary/aromatic N) is 1. The lowest BCUT2D eigenvalue weighted by atomic mass is 9.99. The molecule has 0 fully saturated rings. The molecule has 0 spiro atoms. The van der Waals surface area contributed by atoms with Crippen LogP contribution >= 0.6 is 0 Å². The highest BCUT2D eigenvalue weighted by Crippen LogP contribution is 2.36. The van der Waals surface area contributed by atoms with Gasteiger partial charge in [-0.15, -0.1) is 0 Å². The van der Waals surface area contributed by atoms with Gasteiger partial charge in [-0.3, -0.25) is 4.79 Å². The van der Waals surface area contributed by atoms with Crippen LogP contribution in [0.15, 0.2) is 36.4 Å². The van der Waals surface area contributed by atoms with E-state index in [1.54, 1.807) is 17.0 Å². The maximum Gasteiger partial charge on any atom is 0.260 e. The smallest absolute Gasteiger partial charge is 0.260 e. The largest absolute Gasteiger partial charge is 0.484 e. The van der Waals surface area contributed by atoms with Crippen LogP contribution in [-0.4, -0.2) is 30.8 Å². The van der Waals surface area contributed by atoms with Gasteiger partial charge in [0, 0.05) is 19.2 Å². The van der Waals surface area contributed by atoms with Crippen LogP contribution in [0, 0.1) is 5.82 Å². The number of fused-ring (bicyclic) bond motifs is 2. The lowest BCUT2D eigenvalue weighted by Gasteiger charge is -2.29. The van der Waals surface area contributed by atoms with Crippen LogP contribution in [0.1, 0.15) is 11.1 Å². The first-order valence-electron chi connectivity index (χ1n) is 7.76. The minimum Gasteiger partial charge on any atom is -0.484 e. The Hall–Kier alpha value is -2.76. The minimum atomic E-state index is -0.386. The van der Waals surface area contributed by atoms with Crippen LogP contribution in [0.3, 0.4) is 0 Å². The van der Waals surface area contributed by atoms with Gasteiger partial charge in [0.1, 0.15) is 11.6 Å². The molecule has 4 rings (SSSR count). The van der Waals surface area contributed by atoms with Crippen molar-refractivity contribution in [1.82, 2.24) is 4.90 Å². The normalized spacial score (nSPS) is 15.1. The van der Waals surface area contributed by atoms with E-state index in [9.17, 15) is 9.18 Å². The molecule has 0 radical (unpaired) electrons. The molecule has 24 heavy (non-hydrogen) atoms. The standard InChI is InChI=1S/C18H16FNO4/c19-14-2-1-3-15(8-14)22-10-18(21)20-5-4-12-6-16-17(24-11-23-16)7-13(12)9-20/h1-3,6-8H,4-5,9-11H2. The SMILES string of the molecule is O=C(COc1cccc(F)c1)N1CCc2cc3c(cc2C1)OCO3. The number of carbonyl (C=O) groups is 1. The van der Waals surface area contributed by atoms with Crippen molar-refractivity contribution in [3.05, 3.63) is 53.3 Å². The Bertz CT molecular complexity index is 793. The molecule has 0 saturated carbocycles. The van der Waals surface area contributed by atoms with Gasteiger partial charge >= 0.3 is 0 Å². The number of ether oxygens (including phenoxy) is 3. The van der Waals surface area contributed by atoms with E-state index >= 15 is 0 Å². The average molecular weight is 329 g/mol. The molecule has 0 bridgehead atoms. The third-order valence-electron chi connectivity index (χ3n) is 4.22. The van der Waals surface area contributed by atoms with Gasteiger partial charge in [-0.05, 0) is 41.8 Å². The molecular weight excluding hydrogens is 313 g/mol. The first kappa shape index (κ1) is 14.8. The number of hydrogen-bond acceptors (Lipinski definition) is 4. The van der Waals surface area contributed by atoms with E-state index in [1.807, 2.05) is 12.1 Å². The van der Waals surface area contributed by atoms with Crippen molar-refractivity contribution >= 4 is 5.91 Å². The Kier molecular flexibility index (Phi) is 3.72. The first-order valence-corrected chi connectivity index (χ1v) is 7.76. The van der Waals surface area contributed by atoms with Crippen molar-refractivity contribution in [2.24, 2.45) is 0 Å². The Labute approximate surface area is 138 Å². The van der Waals surface area contributed by atoms with Gasteiger partial charge in [-0.1, -0.05) is 6.07 Å². The maximum absolute atomic E-state index is 13.1. The molecule has 0 saturated heterocycles. The third-order valence-corrected chi connectivity index (χ3v) is 4.22. The molecule has 0 atom stereocenters. The number of carbonyl (C=O) groups excluding carboxylic acids is 1. The molecule has 6 heteroatoms. The predicted molar refractivity (Wildman–Crippen MR) is 83.6 cm³/mol. The average Bonchev–Trinajstić information content (AvgIpc) is 3.04. The highest BCUT2D eigenvalue weighted by Gasteiger charge is 2.24. The summed E-state index contributed by atoms with van der Waals surface area (Å²) in [6.45, 7) is 1.26. The molecule has 2 aromatic carbocycles. The van der Waals surface area contributed by atoms with Crippen molar-refractivity contribution in [3.63, 3.8) is 0 Å². The van der Waals surface area contributed by atoms with Crippen LogP contribution in [0.25, 0.3) is 0 Å². The monoisotopic (exact) mass is 329 g/mol. The van der Waals surface area contributed by atoms with Crippen molar-refractivity contribution in [1.29, 1.82) is 0 Å². The molecule has 2 aliphatic heterocycles. The van der Waals surface area contributed by atoms with Gasteiger partial charge in [-0.25, -0.2) is 4.39 Å². The molecule has 5 nitrogen and oxygen atoms in total. The summed E-state index contributed by atoms with van der Waals surface area (Å²) in [6.07, 6.45) is 0.762. The number of benzene rings is 2. The molecule has 0 aliphatic carbocycles. The summed E-state index contributed by atoms with van der Waals surface area (Å²) >= 11 is 0. The minimum absolute atomic E-state index is 0.108. The number of halogens is 1. The quantitative estimate of drug-likeness (QED) is 0.868. The molecular formula is C18H16FNO4. The zero-order chi connectivity index (χ0) is 16.5. The summed E-state index contributed by atoms with van der Waals surface area (Å²) in [4.78, 5) is 14.1. The van der Waals surface area contributed by atoms with Gasteiger partial charge in [0.2, 0.25) is 6.79 Å². The van der Waals surface area contributed by atoms with Gasteiger partial charge < -0.3 is 19.1 Å². The highest BCUT2D eigenvalue weighted by atomic mass is 19.1. The fourth-order valence-electron chi connectivity index (χ4n) is 2.95. The molecule has 1 amide bonds. The molecule has 2 heterocycles. The summed E-state index contributed by atoms with van der Waals surface area (Å²) in [5.41, 5.74) is 2.24. The van der Waals surface area contributed by atoms with E-state index < -0.39 is 0 Å². The summed E-state index contributed by atoms with van der Waals surface area (Å²) in [7, 11) is 0. The first-order chi connectivity index (χ1) is 11.7. The van der Waals surface area contributed by atoms with E-state index in [4.69, 9.17) is 14.2 Å². The van der Waals surface area contributed by atoms with E-state index in [-0.39, 0.29) is 25.1 Å². The second kappa shape index (κ2) is 6.03. The fraction of sp³-hybridized carbons (Fsp3) is 0.278. The van der Waals surface area contributed by atoms with Crippen molar-refractivity contribution < 1.29 is 23.4 Å². The van der Waals surface area contributed by atoms with Crippen LogP contribution in [0.5, 0.6) is 17.2 Å². The second-order valence-corrected chi connectivity index (χ2v) is 5.79. The van der Waals surface area contributed by atoms with E-state index in [0.29, 0.717) is 18.8 Å². The van der Waals surface area contributed by atoms with Crippen molar-refractivity contribution in [2.45, 2.75) is 13.0 Å². The summed E-state index contributed by atoms with van der Waals surface area (Å²) < 4.78 is 29.3. The van der Waals surface area contributed by atoms with Crippen LogP contribution < -0.4 is 14.2 Å². The van der Waals surface area contributed by atoms with E-state index in [1.165, 1.54) is 17.7 Å². The van der Waals surface area contributed by atoms with Gasteiger partial charge in [0.25, 0.3) is 5.91 Å². The molecule has 0 N–H and O–H groups in total. The van der Waals surface area contributed by atoms with Crippen molar-refractivity contribution in [3.8, 4) is 17.2 Å². The van der Waals surface area contributed by atoms with Crippen molar-refractivity contribution in [2.75, 3.05) is 19.9 Å². The summed E-state index contributed by atoms with van der Waals surface area (Å²) in [5.74, 6) is 1.33. The van der Waals surface area contributed by atoms with E-state index in [0.717, 1.165) is 23.5 Å². The summed E-state index contributed by atoms with van der Waals surface area (Å²) in [5, 5.41) is 0. The third kappa shape index (κ3) is 2.87. The lowest BCUT2D eigenvalue weighted by Crippen LogP contribution is -2.38. The molecule has 0 unspecified atom stereocenters. The topological polar surface area (TPSA) is 48.0 Å². The van der Waals surface area contributed by atoms with E-state index in [2.05, 4.69) is 0 Å². The maximum atomic E-state index is 13.1. The molecule has 2 aliphatic rings. The second-order valence-electron chi connectivity index (χ2n) is 5.79. The molecule has 2 aromatic rings. The number of rotatable bonds is 3. The summed E-state index contributed by atoms with van der Waals surface area (Å²) in [6, 6.07) is 9.70. The van der Waals surface area contributed by atoms with Gasteiger partial charge in [0.15, 0.2) is 18.1 Å². The fourth-order valence-corrected chi connectivity index (χ4v) is 2.95. The molecule has 0 aromatic heterocycles. The Morgan fingerprint density at radius 2 is 1.96 bits per heavy atom. The van der Waals surface area contributed by atoms with Gasteiger partial charge in [-0.2, -0.15) is 0 Å². The van der Waals surface area contributed by atoms with Crippen LogP contribution in [0.2, 0.25) is 0 Å². The Morgan fingerprint density at radius 3 is 2.75 bits per heavy atom. The molecule has 124 valence electrons. The number of amides is 1.